The lowest BCUT2D eigenvalue weighted by molar-refractivity contribution is 0.666. The van der Waals surface area contributed by atoms with E-state index in [1.54, 1.807) is 0 Å². The minimum Gasteiger partial charge on any atom is -0.271 e. The van der Waals surface area contributed by atoms with E-state index in [1.807, 2.05) is 18.7 Å². The fourth-order valence-corrected chi connectivity index (χ4v) is 2.99. The van der Waals surface area contributed by atoms with E-state index in [2.05, 4.69) is 27.1 Å². The van der Waals surface area contributed by atoms with Crippen LogP contribution in [0.1, 0.15) is 30.7 Å². The molecule has 16 heavy (non-hydrogen) atoms. The van der Waals surface area contributed by atoms with Gasteiger partial charge in [-0.3, -0.25) is 4.68 Å². The maximum absolute atomic E-state index is 6.15. The lowest BCUT2D eigenvalue weighted by atomic mass is 9.96. The van der Waals surface area contributed by atoms with Crippen LogP contribution in [0.4, 0.5) is 0 Å². The highest BCUT2D eigenvalue weighted by Gasteiger charge is 2.16. The summed E-state index contributed by atoms with van der Waals surface area (Å²) in [6.45, 7) is 2.02. The molecule has 1 atom stereocenters. The Morgan fingerprint density at radius 3 is 2.94 bits per heavy atom. The number of hydrogen-bond acceptors (Lipinski definition) is 1. The maximum atomic E-state index is 6.15. The van der Waals surface area contributed by atoms with Gasteiger partial charge in [-0.1, -0.05) is 11.6 Å². The van der Waals surface area contributed by atoms with Crippen molar-refractivity contribution in [2.45, 2.75) is 38.0 Å². The van der Waals surface area contributed by atoms with E-state index in [-0.39, 0.29) is 5.38 Å². The van der Waals surface area contributed by atoms with Crippen LogP contribution in [0.15, 0.2) is 16.1 Å². The molecule has 0 amide bonds. The van der Waals surface area contributed by atoms with Crippen molar-refractivity contribution in [3.63, 3.8) is 0 Å². The topological polar surface area (TPSA) is 17.8 Å². The van der Waals surface area contributed by atoms with Crippen molar-refractivity contribution in [3.8, 4) is 0 Å². The van der Waals surface area contributed by atoms with Crippen molar-refractivity contribution in [1.82, 2.24) is 9.78 Å². The monoisotopic (exact) mass is 302 g/mol. The molecule has 1 aliphatic carbocycles. The lowest BCUT2D eigenvalue weighted by Crippen LogP contribution is -2.07. The zero-order chi connectivity index (χ0) is 11.7. The fourth-order valence-electron chi connectivity index (χ4n) is 2.18. The Labute approximate surface area is 110 Å². The summed E-state index contributed by atoms with van der Waals surface area (Å²) < 4.78 is 3.09. The van der Waals surface area contributed by atoms with Crippen molar-refractivity contribution >= 4 is 27.5 Å². The Kier molecular flexibility index (Phi) is 3.75. The summed E-state index contributed by atoms with van der Waals surface area (Å²) in [4.78, 5) is 0. The normalized spacial score (nSPS) is 21.0. The molecule has 4 heteroatoms. The van der Waals surface area contributed by atoms with Gasteiger partial charge >= 0.3 is 0 Å². The van der Waals surface area contributed by atoms with E-state index >= 15 is 0 Å². The van der Waals surface area contributed by atoms with E-state index in [4.69, 9.17) is 11.6 Å². The highest BCUT2D eigenvalue weighted by Crippen LogP contribution is 2.28. The number of alkyl halides is 1. The third-order valence-electron chi connectivity index (χ3n) is 3.05. The first-order chi connectivity index (χ1) is 7.58. The Balaban J connectivity index is 2.20. The molecule has 0 fully saturated rings. The molecule has 1 aliphatic rings. The molecule has 88 valence electrons. The molecule has 2 nitrogen and oxygen atoms in total. The maximum Gasteiger partial charge on any atom is 0.0738 e. The van der Waals surface area contributed by atoms with Crippen LogP contribution in [-0.4, -0.2) is 15.2 Å². The Hall–Kier alpha value is -0.280. The summed E-state index contributed by atoms with van der Waals surface area (Å²) in [6.07, 6.45) is 6.64. The van der Waals surface area contributed by atoms with Gasteiger partial charge in [0.15, 0.2) is 0 Å². The van der Waals surface area contributed by atoms with E-state index < -0.39 is 0 Å². The van der Waals surface area contributed by atoms with Crippen molar-refractivity contribution in [3.05, 3.63) is 27.5 Å². The van der Waals surface area contributed by atoms with Crippen LogP contribution in [0.25, 0.3) is 0 Å². The second-order valence-corrected chi connectivity index (χ2v) is 5.73. The largest absolute Gasteiger partial charge is 0.271 e. The molecule has 2 rings (SSSR count). The van der Waals surface area contributed by atoms with Gasteiger partial charge in [0.1, 0.15) is 0 Å². The number of aryl methyl sites for hydroxylation is 2. The molecule has 0 saturated carbocycles. The molecule has 1 aromatic heterocycles. The molecular formula is C12H16BrClN2. The summed E-state index contributed by atoms with van der Waals surface area (Å²) in [6, 6.07) is 0. The van der Waals surface area contributed by atoms with Crippen LogP contribution in [0.2, 0.25) is 0 Å². The first-order valence-corrected chi connectivity index (χ1v) is 6.82. The van der Waals surface area contributed by atoms with Gasteiger partial charge in [-0.25, -0.2) is 0 Å². The summed E-state index contributed by atoms with van der Waals surface area (Å²) in [7, 11) is 1.99. The number of allylic oxidation sites excluding steroid dienone is 2. The molecule has 1 heterocycles. The molecule has 0 saturated heterocycles. The third-order valence-corrected chi connectivity index (χ3v) is 4.43. The summed E-state index contributed by atoms with van der Waals surface area (Å²) in [5.41, 5.74) is 3.74. The number of rotatable bonds is 2. The van der Waals surface area contributed by atoms with E-state index in [9.17, 15) is 0 Å². The van der Waals surface area contributed by atoms with E-state index in [0.29, 0.717) is 0 Å². The second kappa shape index (κ2) is 4.92. The van der Waals surface area contributed by atoms with Crippen LogP contribution in [0.3, 0.4) is 0 Å². The molecule has 1 aromatic rings. The minimum atomic E-state index is 0.219. The second-order valence-electron chi connectivity index (χ2n) is 4.38. The van der Waals surface area contributed by atoms with Gasteiger partial charge in [-0.15, -0.1) is 11.6 Å². The van der Waals surface area contributed by atoms with Crippen molar-refractivity contribution in [1.29, 1.82) is 0 Å². The van der Waals surface area contributed by atoms with Crippen LogP contribution < -0.4 is 0 Å². The van der Waals surface area contributed by atoms with Gasteiger partial charge < -0.3 is 0 Å². The van der Waals surface area contributed by atoms with E-state index in [1.165, 1.54) is 24.1 Å². The molecule has 1 unspecified atom stereocenters. The first kappa shape index (κ1) is 12.2. The zero-order valence-corrected chi connectivity index (χ0v) is 12.0. The number of halogens is 2. The van der Waals surface area contributed by atoms with E-state index in [0.717, 1.165) is 23.0 Å². The minimum absolute atomic E-state index is 0.219. The zero-order valence-electron chi connectivity index (χ0n) is 9.63. The fraction of sp³-hybridized carbons (Fsp3) is 0.583. The predicted molar refractivity (Wildman–Crippen MR) is 70.9 cm³/mol. The summed E-state index contributed by atoms with van der Waals surface area (Å²) in [5, 5.41) is 4.62. The molecule has 0 aliphatic heterocycles. The van der Waals surface area contributed by atoms with Crippen LogP contribution >= 0.6 is 27.5 Å². The average Bonchev–Trinajstić information content (AvgIpc) is 2.45. The molecule has 0 bridgehead atoms. The number of hydrogen-bond donors (Lipinski definition) is 0. The van der Waals surface area contributed by atoms with Crippen molar-refractivity contribution in [2.75, 3.05) is 0 Å². The van der Waals surface area contributed by atoms with Gasteiger partial charge in [0.05, 0.1) is 21.2 Å². The highest BCUT2D eigenvalue weighted by atomic mass is 79.9. The molecule has 0 spiro atoms. The summed E-state index contributed by atoms with van der Waals surface area (Å²) in [5.74, 6) is 0. The van der Waals surface area contributed by atoms with Gasteiger partial charge in [-0.05, 0) is 42.1 Å². The SMILES string of the molecule is Cc1nn(C)c(CC2=CC(Cl)CCC2)c1Br. The van der Waals surface area contributed by atoms with Crippen molar-refractivity contribution in [2.24, 2.45) is 7.05 Å². The van der Waals surface area contributed by atoms with Gasteiger partial charge in [-0.2, -0.15) is 5.10 Å². The van der Waals surface area contributed by atoms with Gasteiger partial charge in [0, 0.05) is 13.5 Å². The highest BCUT2D eigenvalue weighted by molar-refractivity contribution is 9.10. The number of aromatic nitrogens is 2. The van der Waals surface area contributed by atoms with Crippen molar-refractivity contribution < 1.29 is 0 Å². The molecular weight excluding hydrogens is 288 g/mol. The quantitative estimate of drug-likeness (QED) is 0.601. The van der Waals surface area contributed by atoms with Crippen LogP contribution in [0.5, 0.6) is 0 Å². The Bertz CT molecular complexity index is 423. The van der Waals surface area contributed by atoms with Gasteiger partial charge in [0.25, 0.3) is 0 Å². The third kappa shape index (κ3) is 2.51. The average molecular weight is 304 g/mol. The summed E-state index contributed by atoms with van der Waals surface area (Å²) >= 11 is 9.75. The molecule has 0 aromatic carbocycles. The lowest BCUT2D eigenvalue weighted by Gasteiger charge is -2.16. The van der Waals surface area contributed by atoms with Gasteiger partial charge in [0.2, 0.25) is 0 Å². The number of nitrogens with zero attached hydrogens (tertiary/aromatic N) is 2. The standard InChI is InChI=1S/C12H16BrClN2/c1-8-12(13)11(16(2)15-8)7-9-4-3-5-10(14)6-9/h6,10H,3-5,7H2,1-2H3. The first-order valence-electron chi connectivity index (χ1n) is 5.59. The Morgan fingerprint density at radius 1 is 1.62 bits per heavy atom. The molecule has 0 N–H and O–H groups in total. The molecule has 0 radical (unpaired) electrons. The smallest absolute Gasteiger partial charge is 0.0738 e. The predicted octanol–water partition coefficient (Wildman–Crippen LogP) is 3.75. The van der Waals surface area contributed by atoms with Crippen LogP contribution in [0, 0.1) is 6.92 Å². The van der Waals surface area contributed by atoms with Crippen LogP contribution in [-0.2, 0) is 13.5 Å². The Morgan fingerprint density at radius 2 is 2.38 bits per heavy atom.